The molecule has 0 amide bonds. The van der Waals surface area contributed by atoms with Crippen molar-refractivity contribution < 1.29 is 9.59 Å². The maximum absolute atomic E-state index is 11.4. The zero-order chi connectivity index (χ0) is 15.1. The maximum atomic E-state index is 11.4. The Morgan fingerprint density at radius 2 is 1.25 bits per heavy atom. The van der Waals surface area contributed by atoms with Crippen LogP contribution >= 0.6 is 50.5 Å². The number of hydrogen-bond donors (Lipinski definition) is 6. The maximum Gasteiger partial charge on any atom is 0.203 e. The molecule has 1 rings (SSSR count). The van der Waals surface area contributed by atoms with Crippen molar-refractivity contribution in [1.82, 2.24) is 10.6 Å². The molecule has 8 heteroatoms. The van der Waals surface area contributed by atoms with Crippen molar-refractivity contribution in [2.45, 2.75) is 49.9 Å². The first kappa shape index (κ1) is 18.7. The van der Waals surface area contributed by atoms with Crippen molar-refractivity contribution in [3.05, 3.63) is 0 Å². The van der Waals surface area contributed by atoms with Crippen molar-refractivity contribution in [1.29, 1.82) is 0 Å². The fourth-order valence-electron chi connectivity index (χ4n) is 2.45. The molecule has 1 saturated carbocycles. The molecule has 0 aliphatic heterocycles. The highest BCUT2D eigenvalue weighted by Gasteiger charge is 2.30. The van der Waals surface area contributed by atoms with Crippen molar-refractivity contribution in [3.63, 3.8) is 0 Å². The largest absolute Gasteiger partial charge is 0.302 e. The highest BCUT2D eigenvalue weighted by Crippen LogP contribution is 2.20. The van der Waals surface area contributed by atoms with E-state index in [4.69, 9.17) is 0 Å². The number of rotatable bonds is 8. The molecule has 4 atom stereocenters. The third kappa shape index (κ3) is 5.81. The molecule has 0 radical (unpaired) electrons. The molecule has 0 spiro atoms. The van der Waals surface area contributed by atoms with Gasteiger partial charge in [0.05, 0.1) is 12.1 Å². The summed E-state index contributed by atoms with van der Waals surface area (Å²) in [7, 11) is 0. The van der Waals surface area contributed by atoms with E-state index in [1.54, 1.807) is 0 Å². The van der Waals surface area contributed by atoms with E-state index in [0.717, 1.165) is 25.7 Å². The second-order valence-corrected chi connectivity index (χ2v) is 6.59. The van der Waals surface area contributed by atoms with E-state index in [1.165, 1.54) is 0 Å². The Bertz CT molecular complexity index is 311. The number of thiol groups is 4. The van der Waals surface area contributed by atoms with Gasteiger partial charge in [-0.15, -0.1) is 25.3 Å². The Balaban J connectivity index is 2.66. The number of nitrogens with one attached hydrogen (secondary N) is 2. The van der Waals surface area contributed by atoms with E-state index >= 15 is 0 Å². The predicted octanol–water partition coefficient (Wildman–Crippen LogP) is 0.986. The van der Waals surface area contributed by atoms with Gasteiger partial charge in [0.25, 0.3) is 0 Å². The van der Waals surface area contributed by atoms with Gasteiger partial charge in [-0.1, -0.05) is 12.8 Å². The van der Waals surface area contributed by atoms with Crippen LogP contribution in [0.2, 0.25) is 0 Å². The normalized spacial score (nSPS) is 26.0. The first-order valence-electron chi connectivity index (χ1n) is 6.69. The SMILES string of the molecule is O=C(S)[C@H](CS)NC1CCCCC1N[C@@H](CS)C(=O)S. The van der Waals surface area contributed by atoms with Crippen LogP contribution in [0.3, 0.4) is 0 Å². The zero-order valence-electron chi connectivity index (χ0n) is 11.2. The van der Waals surface area contributed by atoms with Gasteiger partial charge in [-0.25, -0.2) is 0 Å². The summed E-state index contributed by atoms with van der Waals surface area (Å²) in [6, 6.07) is -0.468. The number of carbonyl (C=O) groups is 2. The van der Waals surface area contributed by atoms with Crippen LogP contribution in [-0.4, -0.2) is 45.9 Å². The molecule has 4 nitrogen and oxygen atoms in total. The molecule has 1 aliphatic rings. The molecule has 0 heterocycles. The minimum Gasteiger partial charge on any atom is -0.302 e. The highest BCUT2D eigenvalue weighted by atomic mass is 32.1. The van der Waals surface area contributed by atoms with Gasteiger partial charge in [-0.3, -0.25) is 9.59 Å². The topological polar surface area (TPSA) is 58.2 Å². The molecule has 1 aliphatic carbocycles. The molecule has 20 heavy (non-hydrogen) atoms. The van der Waals surface area contributed by atoms with E-state index in [-0.39, 0.29) is 34.4 Å². The highest BCUT2D eigenvalue weighted by molar-refractivity contribution is 7.97. The summed E-state index contributed by atoms with van der Waals surface area (Å²) in [5.41, 5.74) is 0. The Morgan fingerprint density at radius 1 is 0.900 bits per heavy atom. The quantitative estimate of drug-likeness (QED) is 0.368. The Morgan fingerprint density at radius 3 is 1.50 bits per heavy atom. The number of carbonyl (C=O) groups excluding carboxylic acids is 2. The zero-order valence-corrected chi connectivity index (χ0v) is 14.7. The van der Waals surface area contributed by atoms with E-state index in [1.807, 2.05) is 0 Å². The molecule has 0 saturated heterocycles. The smallest absolute Gasteiger partial charge is 0.203 e. The van der Waals surface area contributed by atoms with Gasteiger partial charge in [-0.05, 0) is 12.8 Å². The molecule has 0 aromatic heterocycles. The van der Waals surface area contributed by atoms with Crippen molar-refractivity contribution >= 4 is 60.7 Å². The minimum atomic E-state index is -0.366. The van der Waals surface area contributed by atoms with Gasteiger partial charge < -0.3 is 10.6 Å². The summed E-state index contributed by atoms with van der Waals surface area (Å²) in [5, 5.41) is 6.18. The standard InChI is InChI=1S/C12H22N2O2S4/c15-11(19)9(5-17)13-7-3-1-2-4-8(7)14-10(6-18)12(16)20/h7-10,13-14,17-18H,1-6H2,(H,15,19)(H,16,20)/t7?,8?,9-,10-/m0/s1. The lowest BCUT2D eigenvalue weighted by molar-refractivity contribution is -0.113. The summed E-state index contributed by atoms with van der Waals surface area (Å²) >= 11 is 16.1. The van der Waals surface area contributed by atoms with Crippen LogP contribution in [0.25, 0.3) is 0 Å². The molecule has 2 unspecified atom stereocenters. The molecule has 0 bridgehead atoms. The van der Waals surface area contributed by atoms with E-state index in [2.05, 4.69) is 61.1 Å². The van der Waals surface area contributed by atoms with E-state index < -0.39 is 0 Å². The van der Waals surface area contributed by atoms with Crippen molar-refractivity contribution in [3.8, 4) is 0 Å². The Kier molecular flexibility index (Phi) is 9.01. The minimum absolute atomic E-state index is 0.132. The Hall–Kier alpha value is 0.660. The van der Waals surface area contributed by atoms with Gasteiger partial charge in [-0.2, -0.15) is 25.3 Å². The van der Waals surface area contributed by atoms with Crippen LogP contribution in [0.15, 0.2) is 0 Å². The predicted molar refractivity (Wildman–Crippen MR) is 95.6 cm³/mol. The van der Waals surface area contributed by atoms with Gasteiger partial charge in [0.15, 0.2) is 0 Å². The molecule has 116 valence electrons. The van der Waals surface area contributed by atoms with Gasteiger partial charge in [0, 0.05) is 23.6 Å². The lowest BCUT2D eigenvalue weighted by Gasteiger charge is -2.36. The second-order valence-electron chi connectivity index (χ2n) is 4.98. The lowest BCUT2D eigenvalue weighted by atomic mass is 9.89. The van der Waals surface area contributed by atoms with Gasteiger partial charge in [0.1, 0.15) is 0 Å². The summed E-state index contributed by atoms with van der Waals surface area (Å²) in [4.78, 5) is 22.8. The summed E-state index contributed by atoms with van der Waals surface area (Å²) < 4.78 is 0. The average molecular weight is 355 g/mol. The van der Waals surface area contributed by atoms with Crippen LogP contribution in [0.4, 0.5) is 0 Å². The van der Waals surface area contributed by atoms with Gasteiger partial charge in [0.2, 0.25) is 10.2 Å². The first-order chi connectivity index (χ1) is 9.49. The molecule has 2 N–H and O–H groups in total. The van der Waals surface area contributed by atoms with Crippen molar-refractivity contribution in [2.75, 3.05) is 11.5 Å². The van der Waals surface area contributed by atoms with Crippen LogP contribution in [0.1, 0.15) is 25.7 Å². The first-order valence-corrected chi connectivity index (χ1v) is 8.85. The molecule has 0 aromatic rings. The van der Waals surface area contributed by atoms with Crippen LogP contribution < -0.4 is 10.6 Å². The monoisotopic (exact) mass is 354 g/mol. The number of hydrogen-bond acceptors (Lipinski definition) is 6. The van der Waals surface area contributed by atoms with Gasteiger partial charge >= 0.3 is 0 Å². The van der Waals surface area contributed by atoms with E-state index in [9.17, 15) is 9.59 Å². The molecule has 0 aromatic carbocycles. The van der Waals surface area contributed by atoms with E-state index in [0.29, 0.717) is 11.5 Å². The van der Waals surface area contributed by atoms with Crippen molar-refractivity contribution in [2.24, 2.45) is 0 Å². The fraction of sp³-hybridized carbons (Fsp3) is 0.833. The average Bonchev–Trinajstić information content (AvgIpc) is 2.42. The summed E-state index contributed by atoms with van der Waals surface area (Å²) in [6.07, 6.45) is 4.14. The third-order valence-electron chi connectivity index (χ3n) is 3.56. The Labute approximate surface area is 142 Å². The van der Waals surface area contributed by atoms with Crippen LogP contribution in [-0.2, 0) is 9.59 Å². The second kappa shape index (κ2) is 9.63. The molecule has 1 fully saturated rings. The molecular formula is C12H22N2O2S4. The fourth-order valence-corrected chi connectivity index (χ4v) is 3.61. The van der Waals surface area contributed by atoms with Crippen LogP contribution in [0, 0.1) is 0 Å². The summed E-state index contributed by atoms with van der Waals surface area (Å²) in [6.45, 7) is 0. The summed E-state index contributed by atoms with van der Waals surface area (Å²) in [5.74, 6) is 0.820. The molecular weight excluding hydrogens is 332 g/mol. The third-order valence-corrected chi connectivity index (χ3v) is 4.91. The van der Waals surface area contributed by atoms with Crippen LogP contribution in [0.5, 0.6) is 0 Å². The lowest BCUT2D eigenvalue weighted by Crippen LogP contribution is -2.57.